The van der Waals surface area contributed by atoms with E-state index in [2.05, 4.69) is 0 Å². The van der Waals surface area contributed by atoms with Crippen LogP contribution in [0.1, 0.15) is 18.9 Å². The standard InChI is InChI=1S/C12H9ClFNO/c13-12-6-11(16)9-5-7(14)1-4-10(9)15(12)8-2-3-8/h1,4-6,8H,2-3H2. The van der Waals surface area contributed by atoms with E-state index in [0.717, 1.165) is 18.4 Å². The molecule has 2 nitrogen and oxygen atoms in total. The predicted molar refractivity (Wildman–Crippen MR) is 61.4 cm³/mol. The van der Waals surface area contributed by atoms with Gasteiger partial charge in [0.15, 0.2) is 5.43 Å². The van der Waals surface area contributed by atoms with Crippen molar-refractivity contribution in [2.24, 2.45) is 0 Å². The Kier molecular flexibility index (Phi) is 2.04. The van der Waals surface area contributed by atoms with Gasteiger partial charge in [0.25, 0.3) is 0 Å². The number of hydrogen-bond acceptors (Lipinski definition) is 1. The average molecular weight is 238 g/mol. The molecule has 0 bridgehead atoms. The van der Waals surface area contributed by atoms with Gasteiger partial charge in [-0.05, 0) is 31.0 Å². The third kappa shape index (κ3) is 1.43. The van der Waals surface area contributed by atoms with Gasteiger partial charge in [-0.25, -0.2) is 4.39 Å². The van der Waals surface area contributed by atoms with E-state index in [9.17, 15) is 9.18 Å². The second kappa shape index (κ2) is 3.32. The minimum Gasteiger partial charge on any atom is -0.328 e. The Morgan fingerprint density at radius 2 is 2.06 bits per heavy atom. The maximum absolute atomic E-state index is 13.1. The van der Waals surface area contributed by atoms with Crippen molar-refractivity contribution in [3.8, 4) is 0 Å². The van der Waals surface area contributed by atoms with Gasteiger partial charge >= 0.3 is 0 Å². The molecule has 0 radical (unpaired) electrons. The lowest BCUT2D eigenvalue weighted by molar-refractivity contribution is 0.629. The Balaban J connectivity index is 2.44. The number of fused-ring (bicyclic) bond motifs is 1. The molecule has 3 rings (SSSR count). The maximum atomic E-state index is 13.1. The second-order valence-electron chi connectivity index (χ2n) is 4.09. The molecule has 0 saturated heterocycles. The van der Waals surface area contributed by atoms with Crippen LogP contribution < -0.4 is 5.43 Å². The Bertz CT molecular complexity index is 631. The van der Waals surface area contributed by atoms with Gasteiger partial charge in [0.05, 0.1) is 5.52 Å². The third-order valence-corrected chi connectivity index (χ3v) is 3.17. The van der Waals surface area contributed by atoms with Crippen molar-refractivity contribution >= 4 is 22.5 Å². The zero-order chi connectivity index (χ0) is 11.3. The van der Waals surface area contributed by atoms with E-state index < -0.39 is 5.82 Å². The summed E-state index contributed by atoms with van der Waals surface area (Å²) in [7, 11) is 0. The van der Waals surface area contributed by atoms with E-state index in [1.54, 1.807) is 6.07 Å². The largest absolute Gasteiger partial charge is 0.328 e. The van der Waals surface area contributed by atoms with Crippen LogP contribution in [0.15, 0.2) is 29.1 Å². The summed E-state index contributed by atoms with van der Waals surface area (Å²) >= 11 is 6.05. The van der Waals surface area contributed by atoms with Crippen molar-refractivity contribution < 1.29 is 4.39 Å². The molecule has 1 saturated carbocycles. The van der Waals surface area contributed by atoms with Crippen LogP contribution >= 0.6 is 11.6 Å². The van der Waals surface area contributed by atoms with Gasteiger partial charge in [-0.3, -0.25) is 4.79 Å². The Hall–Kier alpha value is -1.35. The van der Waals surface area contributed by atoms with Gasteiger partial charge in [-0.2, -0.15) is 0 Å². The van der Waals surface area contributed by atoms with Gasteiger partial charge in [-0.15, -0.1) is 0 Å². The van der Waals surface area contributed by atoms with Crippen molar-refractivity contribution in [1.82, 2.24) is 4.57 Å². The number of halogens is 2. The van der Waals surface area contributed by atoms with Crippen LogP contribution in [-0.2, 0) is 0 Å². The number of aromatic nitrogens is 1. The first-order valence-electron chi connectivity index (χ1n) is 5.17. The normalized spacial score (nSPS) is 15.6. The maximum Gasteiger partial charge on any atom is 0.191 e. The van der Waals surface area contributed by atoms with Gasteiger partial charge in [0, 0.05) is 17.5 Å². The van der Waals surface area contributed by atoms with E-state index in [1.807, 2.05) is 4.57 Å². The summed E-state index contributed by atoms with van der Waals surface area (Å²) in [5, 5.41) is 0.836. The van der Waals surface area contributed by atoms with Crippen LogP contribution in [0.4, 0.5) is 4.39 Å². The minimum atomic E-state index is -0.394. The van der Waals surface area contributed by atoms with Crippen LogP contribution in [0.3, 0.4) is 0 Å². The molecule has 0 amide bonds. The lowest BCUT2D eigenvalue weighted by Gasteiger charge is -2.11. The molecule has 0 aliphatic heterocycles. The lowest BCUT2D eigenvalue weighted by Crippen LogP contribution is -2.09. The summed E-state index contributed by atoms with van der Waals surface area (Å²) in [5.74, 6) is -0.394. The van der Waals surface area contributed by atoms with Gasteiger partial charge in [-0.1, -0.05) is 11.6 Å². The molecule has 0 unspecified atom stereocenters. The van der Waals surface area contributed by atoms with Crippen molar-refractivity contribution in [1.29, 1.82) is 0 Å². The first-order chi connectivity index (χ1) is 7.66. The SMILES string of the molecule is O=c1cc(Cl)n(C2CC2)c2ccc(F)cc12. The van der Waals surface area contributed by atoms with Crippen molar-refractivity contribution in [2.45, 2.75) is 18.9 Å². The first-order valence-corrected chi connectivity index (χ1v) is 5.55. The molecule has 0 atom stereocenters. The summed E-state index contributed by atoms with van der Waals surface area (Å²) in [4.78, 5) is 11.7. The van der Waals surface area contributed by atoms with Crippen LogP contribution in [0.5, 0.6) is 0 Å². The summed E-state index contributed by atoms with van der Waals surface area (Å²) in [5.41, 5.74) is 0.498. The Morgan fingerprint density at radius 3 is 2.75 bits per heavy atom. The quantitative estimate of drug-likeness (QED) is 0.699. The summed E-state index contributed by atoms with van der Waals surface area (Å²) in [6.07, 6.45) is 2.13. The molecule has 1 aromatic heterocycles. The molecule has 1 aromatic carbocycles. The molecule has 0 spiro atoms. The molecule has 1 aliphatic carbocycles. The van der Waals surface area contributed by atoms with Crippen LogP contribution in [0, 0.1) is 5.82 Å². The molecule has 16 heavy (non-hydrogen) atoms. The molecular weight excluding hydrogens is 229 g/mol. The van der Waals surface area contributed by atoms with Crippen molar-refractivity contribution in [2.75, 3.05) is 0 Å². The average Bonchev–Trinajstić information content (AvgIpc) is 3.03. The molecule has 1 fully saturated rings. The van der Waals surface area contributed by atoms with Crippen LogP contribution in [-0.4, -0.2) is 4.57 Å². The number of hydrogen-bond donors (Lipinski definition) is 0. The summed E-state index contributed by atoms with van der Waals surface area (Å²) < 4.78 is 15.0. The predicted octanol–water partition coefficient (Wildman–Crippen LogP) is 3.13. The van der Waals surface area contributed by atoms with Crippen LogP contribution in [0.25, 0.3) is 10.9 Å². The lowest BCUT2D eigenvalue weighted by atomic mass is 10.2. The van der Waals surface area contributed by atoms with E-state index >= 15 is 0 Å². The highest BCUT2D eigenvalue weighted by Gasteiger charge is 2.26. The highest BCUT2D eigenvalue weighted by Crippen LogP contribution is 2.39. The van der Waals surface area contributed by atoms with Gasteiger partial charge in [0.2, 0.25) is 0 Å². The highest BCUT2D eigenvalue weighted by atomic mass is 35.5. The van der Waals surface area contributed by atoms with E-state index in [0.29, 0.717) is 16.6 Å². The molecule has 1 aliphatic rings. The fourth-order valence-corrected chi connectivity index (χ4v) is 2.32. The molecule has 2 aromatic rings. The van der Waals surface area contributed by atoms with Gasteiger partial charge in [0.1, 0.15) is 11.0 Å². The van der Waals surface area contributed by atoms with Crippen LogP contribution in [0.2, 0.25) is 5.15 Å². The topological polar surface area (TPSA) is 22.0 Å². The first kappa shape index (κ1) is 9.85. The molecule has 82 valence electrons. The Morgan fingerprint density at radius 1 is 1.31 bits per heavy atom. The number of nitrogens with zero attached hydrogens (tertiary/aromatic N) is 1. The van der Waals surface area contributed by atoms with Crippen molar-refractivity contribution in [3.05, 3.63) is 45.5 Å². The molecule has 1 heterocycles. The zero-order valence-corrected chi connectivity index (χ0v) is 9.17. The number of benzene rings is 1. The number of pyridine rings is 1. The molecular formula is C12H9ClFNO. The fourth-order valence-electron chi connectivity index (χ4n) is 1.99. The Labute approximate surface area is 96.3 Å². The van der Waals surface area contributed by atoms with Crippen molar-refractivity contribution in [3.63, 3.8) is 0 Å². The second-order valence-corrected chi connectivity index (χ2v) is 4.48. The van der Waals surface area contributed by atoms with E-state index in [1.165, 1.54) is 18.2 Å². The minimum absolute atomic E-state index is 0.226. The fraction of sp³-hybridized carbons (Fsp3) is 0.250. The van der Waals surface area contributed by atoms with E-state index in [4.69, 9.17) is 11.6 Å². The summed E-state index contributed by atoms with van der Waals surface area (Å²) in [6, 6.07) is 5.97. The monoisotopic (exact) mass is 237 g/mol. The highest BCUT2D eigenvalue weighted by molar-refractivity contribution is 6.30. The van der Waals surface area contributed by atoms with E-state index in [-0.39, 0.29) is 5.43 Å². The van der Waals surface area contributed by atoms with Gasteiger partial charge < -0.3 is 4.57 Å². The zero-order valence-electron chi connectivity index (χ0n) is 8.41. The third-order valence-electron chi connectivity index (χ3n) is 2.88. The smallest absolute Gasteiger partial charge is 0.191 e. The molecule has 0 N–H and O–H groups in total. The summed E-state index contributed by atoms with van der Waals surface area (Å²) in [6.45, 7) is 0. The number of rotatable bonds is 1. The molecule has 4 heteroatoms.